The zero-order valence-corrected chi connectivity index (χ0v) is 15.0. The molecular weight excluding hydrogens is 362 g/mol. The zero-order chi connectivity index (χ0) is 20.1. The highest BCUT2D eigenvalue weighted by Crippen LogP contribution is 2.25. The third kappa shape index (κ3) is 3.83. The number of carbonyl (C=O) groups is 3. The topological polar surface area (TPSA) is 112 Å². The van der Waals surface area contributed by atoms with Gasteiger partial charge in [-0.05, 0) is 30.7 Å². The van der Waals surface area contributed by atoms with E-state index >= 15 is 0 Å². The maximum Gasteiger partial charge on any atom is 0.343 e. The van der Waals surface area contributed by atoms with E-state index < -0.39 is 11.5 Å². The van der Waals surface area contributed by atoms with E-state index in [2.05, 4.69) is 4.90 Å². The summed E-state index contributed by atoms with van der Waals surface area (Å²) in [6, 6.07) is 8.76. The number of carbonyl (C=O) groups excluding carboxylic acids is 3. The Labute approximate surface area is 160 Å². The smallest absolute Gasteiger partial charge is 0.343 e. The van der Waals surface area contributed by atoms with Crippen LogP contribution < -0.4 is 10.5 Å². The molecule has 1 aliphatic rings. The molecule has 0 unspecified atom stereocenters. The molecule has 1 aromatic carbocycles. The molecule has 1 aromatic heterocycles. The summed E-state index contributed by atoms with van der Waals surface area (Å²) in [6.45, 7) is 1.26. The number of nitriles is 1. The van der Waals surface area contributed by atoms with E-state index in [4.69, 9.17) is 4.42 Å². The molecule has 3 rings (SSSR count). The van der Waals surface area contributed by atoms with E-state index in [0.717, 1.165) is 36.2 Å². The van der Waals surface area contributed by atoms with E-state index in [9.17, 15) is 24.4 Å². The lowest BCUT2D eigenvalue weighted by Crippen LogP contribution is -2.36. The van der Waals surface area contributed by atoms with Crippen molar-refractivity contribution in [2.24, 2.45) is 0 Å². The van der Waals surface area contributed by atoms with Crippen LogP contribution in [0.25, 0.3) is 17.0 Å². The van der Waals surface area contributed by atoms with Crippen LogP contribution in [0.1, 0.15) is 12.0 Å². The highest BCUT2D eigenvalue weighted by Gasteiger charge is 2.19. The molecule has 0 aliphatic carbocycles. The quantitative estimate of drug-likeness (QED) is 0.307. The van der Waals surface area contributed by atoms with Crippen LogP contribution in [0, 0.1) is 11.3 Å². The van der Waals surface area contributed by atoms with Gasteiger partial charge >= 0.3 is 5.63 Å². The first-order valence-electron chi connectivity index (χ1n) is 8.68. The molecule has 0 radical (unpaired) electrons. The molecule has 142 valence electrons. The number of hydrogen-bond donors (Lipinski definition) is 0. The predicted molar refractivity (Wildman–Crippen MR) is 102 cm³/mol. The Kier molecular flexibility index (Phi) is 5.65. The maximum absolute atomic E-state index is 12.4. The largest absolute Gasteiger partial charge is 0.422 e. The lowest BCUT2D eigenvalue weighted by molar-refractivity contribution is -0.130. The third-order valence-electron chi connectivity index (χ3n) is 4.50. The molecular formula is C20H17N3O5. The Hall–Kier alpha value is -3.73. The minimum atomic E-state index is -0.811. The van der Waals surface area contributed by atoms with Crippen molar-refractivity contribution >= 4 is 41.2 Å². The second-order valence-electron chi connectivity index (χ2n) is 6.27. The van der Waals surface area contributed by atoms with Crippen molar-refractivity contribution in [3.63, 3.8) is 0 Å². The summed E-state index contributed by atoms with van der Waals surface area (Å²) >= 11 is 0. The summed E-state index contributed by atoms with van der Waals surface area (Å²) in [7, 11) is 0. The molecule has 1 aliphatic heterocycles. The van der Waals surface area contributed by atoms with Crippen molar-refractivity contribution < 1.29 is 18.8 Å². The molecule has 8 nitrogen and oxygen atoms in total. The van der Waals surface area contributed by atoms with Gasteiger partial charge in [0.05, 0.1) is 18.7 Å². The van der Waals surface area contributed by atoms with E-state index in [1.54, 1.807) is 12.1 Å². The Morgan fingerprint density at radius 2 is 1.93 bits per heavy atom. The van der Waals surface area contributed by atoms with Gasteiger partial charge in [0.1, 0.15) is 29.8 Å². The normalized spacial score (nSPS) is 13.5. The number of rotatable bonds is 7. The van der Waals surface area contributed by atoms with Gasteiger partial charge in [0, 0.05) is 30.2 Å². The molecule has 0 N–H and O–H groups in total. The van der Waals surface area contributed by atoms with Gasteiger partial charge in [-0.15, -0.1) is 0 Å². The molecule has 0 bridgehead atoms. The first-order valence-corrected chi connectivity index (χ1v) is 8.68. The average molecular weight is 379 g/mol. The summed E-state index contributed by atoms with van der Waals surface area (Å²) < 4.78 is 5.36. The van der Waals surface area contributed by atoms with Crippen LogP contribution in [0.15, 0.2) is 39.1 Å². The van der Waals surface area contributed by atoms with Gasteiger partial charge in [0.25, 0.3) is 5.91 Å². The molecule has 1 amide bonds. The predicted octanol–water partition coefficient (Wildman–Crippen LogP) is 1.14. The Morgan fingerprint density at radius 1 is 1.21 bits per heavy atom. The van der Waals surface area contributed by atoms with Crippen LogP contribution >= 0.6 is 0 Å². The minimum Gasteiger partial charge on any atom is -0.422 e. The lowest BCUT2D eigenvalue weighted by atomic mass is 10.1. The van der Waals surface area contributed by atoms with E-state index in [-0.39, 0.29) is 24.2 Å². The van der Waals surface area contributed by atoms with E-state index in [1.807, 2.05) is 12.1 Å². The van der Waals surface area contributed by atoms with Gasteiger partial charge in [-0.1, -0.05) is 0 Å². The first-order chi connectivity index (χ1) is 13.6. The van der Waals surface area contributed by atoms with Gasteiger partial charge in [-0.3, -0.25) is 4.79 Å². The number of anilines is 1. The standard InChI is InChI=1S/C20H17N3O5/c21-13-16(19(26)23(6-8-24)7-9-25)11-15-10-14-2-3-17(22-4-1-5-22)12-18(14)28-20(15)27/h2-3,8-12H,1,4-7H2/b16-11+. The maximum atomic E-state index is 12.4. The monoisotopic (exact) mass is 379 g/mol. The molecule has 2 heterocycles. The van der Waals surface area contributed by atoms with E-state index in [0.29, 0.717) is 23.5 Å². The van der Waals surface area contributed by atoms with Crippen LogP contribution in [-0.2, 0) is 14.4 Å². The Balaban J connectivity index is 1.96. The van der Waals surface area contributed by atoms with Crippen LogP contribution in [0.3, 0.4) is 0 Å². The summed E-state index contributed by atoms with van der Waals surface area (Å²) in [5, 5.41) is 9.95. The fourth-order valence-electron chi connectivity index (χ4n) is 2.88. The molecule has 0 atom stereocenters. The SMILES string of the molecule is N#C/C(=C\c1cc2ccc(N3CCC3)cc2oc1=O)C(=O)N(CC=O)CC=O. The average Bonchev–Trinajstić information content (AvgIpc) is 2.64. The van der Waals surface area contributed by atoms with Crippen LogP contribution in [0.5, 0.6) is 0 Å². The van der Waals surface area contributed by atoms with Crippen LogP contribution in [-0.4, -0.2) is 49.6 Å². The molecule has 1 fully saturated rings. The summed E-state index contributed by atoms with van der Waals surface area (Å²) in [6.07, 6.45) is 3.15. The zero-order valence-electron chi connectivity index (χ0n) is 15.0. The molecule has 1 saturated heterocycles. The van der Waals surface area contributed by atoms with Crippen molar-refractivity contribution in [2.45, 2.75) is 6.42 Å². The third-order valence-corrected chi connectivity index (χ3v) is 4.50. The number of hydrogen-bond acceptors (Lipinski definition) is 7. The molecule has 2 aromatic rings. The fraction of sp³-hybridized carbons (Fsp3) is 0.250. The van der Waals surface area contributed by atoms with Gasteiger partial charge in [0.2, 0.25) is 0 Å². The highest BCUT2D eigenvalue weighted by atomic mass is 16.4. The second kappa shape index (κ2) is 8.31. The van der Waals surface area contributed by atoms with E-state index in [1.165, 1.54) is 6.07 Å². The number of benzene rings is 1. The highest BCUT2D eigenvalue weighted by molar-refractivity contribution is 6.03. The molecule has 0 spiro atoms. The lowest BCUT2D eigenvalue weighted by Gasteiger charge is -2.33. The Morgan fingerprint density at radius 3 is 2.50 bits per heavy atom. The van der Waals surface area contributed by atoms with Crippen molar-refractivity contribution in [1.29, 1.82) is 5.26 Å². The first kappa shape index (κ1) is 19.0. The fourth-order valence-corrected chi connectivity index (χ4v) is 2.88. The van der Waals surface area contributed by atoms with Crippen molar-refractivity contribution in [2.75, 3.05) is 31.1 Å². The second-order valence-corrected chi connectivity index (χ2v) is 6.27. The van der Waals surface area contributed by atoms with Gasteiger partial charge in [0.15, 0.2) is 0 Å². The number of fused-ring (bicyclic) bond motifs is 1. The Bertz CT molecular complexity index is 1050. The van der Waals surface area contributed by atoms with Crippen molar-refractivity contribution in [1.82, 2.24) is 4.90 Å². The summed E-state index contributed by atoms with van der Waals surface area (Å²) in [5.41, 5.74) is 0.362. The molecule has 0 saturated carbocycles. The summed E-state index contributed by atoms with van der Waals surface area (Å²) in [5.74, 6) is -0.811. The molecule has 8 heteroatoms. The van der Waals surface area contributed by atoms with Gasteiger partial charge in [-0.25, -0.2) is 4.79 Å². The number of amides is 1. The van der Waals surface area contributed by atoms with Crippen molar-refractivity contribution in [3.05, 3.63) is 45.8 Å². The van der Waals surface area contributed by atoms with Crippen LogP contribution in [0.2, 0.25) is 0 Å². The summed E-state index contributed by atoms with van der Waals surface area (Å²) in [4.78, 5) is 49.1. The number of aldehydes is 2. The number of nitrogens with zero attached hydrogens (tertiary/aromatic N) is 3. The van der Waals surface area contributed by atoms with Crippen molar-refractivity contribution in [3.8, 4) is 6.07 Å². The van der Waals surface area contributed by atoms with Gasteiger partial charge < -0.3 is 23.8 Å². The molecule has 28 heavy (non-hydrogen) atoms. The minimum absolute atomic E-state index is 0.0336. The van der Waals surface area contributed by atoms with Crippen LogP contribution in [0.4, 0.5) is 5.69 Å². The van der Waals surface area contributed by atoms with Gasteiger partial charge in [-0.2, -0.15) is 5.26 Å².